The zero-order chi connectivity index (χ0) is 15.6. The molecule has 3 nitrogen and oxygen atoms in total. The SMILES string of the molecule is Fc1cc(F)c2nc(CCl)n(CCOCC(F)(F)F)c2c1. The summed E-state index contributed by atoms with van der Waals surface area (Å²) in [5.41, 5.74) is 0.0432. The quantitative estimate of drug-likeness (QED) is 0.476. The molecule has 0 aliphatic carbocycles. The van der Waals surface area contributed by atoms with E-state index in [1.165, 1.54) is 4.57 Å². The van der Waals surface area contributed by atoms with E-state index < -0.39 is 24.4 Å². The van der Waals surface area contributed by atoms with E-state index in [0.29, 0.717) is 6.07 Å². The van der Waals surface area contributed by atoms with Crippen molar-refractivity contribution in [3.63, 3.8) is 0 Å². The second-order valence-corrected chi connectivity index (χ2v) is 4.50. The Kier molecular flexibility index (Phi) is 4.67. The summed E-state index contributed by atoms with van der Waals surface area (Å²) < 4.78 is 68.5. The van der Waals surface area contributed by atoms with Crippen LogP contribution in [-0.4, -0.2) is 28.9 Å². The smallest absolute Gasteiger partial charge is 0.370 e. The van der Waals surface area contributed by atoms with E-state index in [-0.39, 0.29) is 35.9 Å². The maximum absolute atomic E-state index is 13.6. The van der Waals surface area contributed by atoms with Crippen LogP contribution in [0.4, 0.5) is 22.0 Å². The number of ether oxygens (including phenoxy) is 1. The zero-order valence-corrected chi connectivity index (χ0v) is 11.3. The summed E-state index contributed by atoms with van der Waals surface area (Å²) in [5, 5.41) is 0. The van der Waals surface area contributed by atoms with Gasteiger partial charge in [0.05, 0.1) is 18.0 Å². The molecule has 0 aliphatic heterocycles. The first-order valence-corrected chi connectivity index (χ1v) is 6.40. The largest absolute Gasteiger partial charge is 0.411 e. The molecule has 0 saturated carbocycles. The molecular formula is C12H10ClF5N2O. The number of halogens is 6. The van der Waals surface area contributed by atoms with Crippen LogP contribution in [0.5, 0.6) is 0 Å². The summed E-state index contributed by atoms with van der Waals surface area (Å²) >= 11 is 5.66. The van der Waals surface area contributed by atoms with Crippen molar-refractivity contribution >= 4 is 22.6 Å². The zero-order valence-electron chi connectivity index (χ0n) is 10.6. The number of rotatable bonds is 5. The molecule has 0 bridgehead atoms. The van der Waals surface area contributed by atoms with E-state index in [4.69, 9.17) is 11.6 Å². The number of nitrogens with zero attached hydrogens (tertiary/aromatic N) is 2. The number of imidazole rings is 1. The van der Waals surface area contributed by atoms with Crippen LogP contribution in [0.1, 0.15) is 5.82 Å². The van der Waals surface area contributed by atoms with Gasteiger partial charge < -0.3 is 9.30 Å². The van der Waals surface area contributed by atoms with Crippen LogP contribution in [0.25, 0.3) is 11.0 Å². The van der Waals surface area contributed by atoms with Gasteiger partial charge in [-0.2, -0.15) is 13.2 Å². The third-order valence-electron chi connectivity index (χ3n) is 2.70. The van der Waals surface area contributed by atoms with Crippen molar-refractivity contribution in [2.45, 2.75) is 18.6 Å². The highest BCUT2D eigenvalue weighted by molar-refractivity contribution is 6.16. The molecule has 21 heavy (non-hydrogen) atoms. The predicted octanol–water partition coefficient (Wildman–Crippen LogP) is 3.63. The van der Waals surface area contributed by atoms with Crippen LogP contribution in [0.15, 0.2) is 12.1 Å². The topological polar surface area (TPSA) is 27.1 Å². The van der Waals surface area contributed by atoms with Gasteiger partial charge in [0.25, 0.3) is 0 Å². The Morgan fingerprint density at radius 1 is 1.24 bits per heavy atom. The summed E-state index contributed by atoms with van der Waals surface area (Å²) in [5.74, 6) is -1.52. The maximum Gasteiger partial charge on any atom is 0.411 e. The summed E-state index contributed by atoms with van der Waals surface area (Å²) in [6.07, 6.45) is -4.43. The Balaban J connectivity index is 2.21. The molecule has 9 heteroatoms. The third-order valence-corrected chi connectivity index (χ3v) is 2.93. The lowest BCUT2D eigenvalue weighted by atomic mass is 10.3. The summed E-state index contributed by atoms with van der Waals surface area (Å²) in [4.78, 5) is 3.91. The molecule has 0 atom stereocenters. The molecule has 0 aliphatic rings. The molecule has 0 radical (unpaired) electrons. The summed E-state index contributed by atoms with van der Waals surface area (Å²) in [6, 6.07) is 1.73. The Morgan fingerprint density at radius 2 is 1.95 bits per heavy atom. The van der Waals surface area contributed by atoms with Gasteiger partial charge in [0.1, 0.15) is 23.8 Å². The van der Waals surface area contributed by atoms with E-state index >= 15 is 0 Å². The Morgan fingerprint density at radius 3 is 2.57 bits per heavy atom. The van der Waals surface area contributed by atoms with Crippen molar-refractivity contribution in [3.8, 4) is 0 Å². The standard InChI is InChI=1S/C12H10ClF5N2O/c13-5-10-19-11-8(15)3-7(14)4-9(11)20(10)1-2-21-6-12(16,17)18/h3-4H,1-2,5-6H2. The van der Waals surface area contributed by atoms with Gasteiger partial charge in [-0.1, -0.05) is 0 Å². The van der Waals surface area contributed by atoms with Crippen molar-refractivity contribution < 1.29 is 26.7 Å². The molecule has 1 aromatic carbocycles. The molecule has 1 aromatic heterocycles. The number of alkyl halides is 4. The molecule has 0 unspecified atom stereocenters. The van der Waals surface area contributed by atoms with Gasteiger partial charge in [0.2, 0.25) is 0 Å². The maximum atomic E-state index is 13.6. The first-order valence-electron chi connectivity index (χ1n) is 5.86. The fourth-order valence-corrected chi connectivity index (χ4v) is 2.10. The van der Waals surface area contributed by atoms with E-state index in [1.807, 2.05) is 0 Å². The summed E-state index contributed by atoms with van der Waals surface area (Å²) in [6.45, 7) is -1.72. The molecule has 2 rings (SSSR count). The van der Waals surface area contributed by atoms with Gasteiger partial charge in [-0.3, -0.25) is 0 Å². The van der Waals surface area contributed by atoms with Crippen LogP contribution < -0.4 is 0 Å². The minimum Gasteiger partial charge on any atom is -0.370 e. The first kappa shape index (κ1) is 16.0. The highest BCUT2D eigenvalue weighted by Crippen LogP contribution is 2.22. The lowest BCUT2D eigenvalue weighted by Gasteiger charge is -2.10. The lowest BCUT2D eigenvalue weighted by Crippen LogP contribution is -2.19. The van der Waals surface area contributed by atoms with Gasteiger partial charge in [-0.15, -0.1) is 11.6 Å². The molecule has 116 valence electrons. The normalized spacial score (nSPS) is 12.3. The highest BCUT2D eigenvalue weighted by atomic mass is 35.5. The second-order valence-electron chi connectivity index (χ2n) is 4.24. The first-order chi connectivity index (χ1) is 9.81. The summed E-state index contributed by atoms with van der Waals surface area (Å²) in [7, 11) is 0. The fourth-order valence-electron chi connectivity index (χ4n) is 1.89. The molecule has 0 amide bonds. The fraction of sp³-hybridized carbons (Fsp3) is 0.417. The van der Waals surface area contributed by atoms with Crippen molar-refractivity contribution in [2.75, 3.05) is 13.2 Å². The number of fused-ring (bicyclic) bond motifs is 1. The van der Waals surface area contributed by atoms with Crippen LogP contribution in [0, 0.1) is 11.6 Å². The molecule has 0 N–H and O–H groups in total. The predicted molar refractivity (Wildman–Crippen MR) is 66.1 cm³/mol. The highest BCUT2D eigenvalue weighted by Gasteiger charge is 2.27. The molecular weight excluding hydrogens is 319 g/mol. The molecule has 0 fully saturated rings. The number of benzene rings is 1. The number of hydrogen-bond donors (Lipinski definition) is 0. The average molecular weight is 329 g/mol. The van der Waals surface area contributed by atoms with Crippen molar-refractivity contribution in [2.24, 2.45) is 0 Å². The minimum absolute atomic E-state index is 0.0441. The van der Waals surface area contributed by atoms with E-state index in [2.05, 4.69) is 9.72 Å². The van der Waals surface area contributed by atoms with Gasteiger partial charge in [0.15, 0.2) is 5.82 Å². The number of hydrogen-bond acceptors (Lipinski definition) is 2. The van der Waals surface area contributed by atoms with Gasteiger partial charge >= 0.3 is 6.18 Å². The van der Waals surface area contributed by atoms with Crippen molar-refractivity contribution in [3.05, 3.63) is 29.6 Å². The van der Waals surface area contributed by atoms with E-state index in [9.17, 15) is 22.0 Å². The van der Waals surface area contributed by atoms with Gasteiger partial charge in [-0.05, 0) is 6.07 Å². The Labute approximate surface area is 121 Å². The van der Waals surface area contributed by atoms with Crippen molar-refractivity contribution in [1.29, 1.82) is 0 Å². The monoisotopic (exact) mass is 328 g/mol. The van der Waals surface area contributed by atoms with Crippen LogP contribution in [0.3, 0.4) is 0 Å². The van der Waals surface area contributed by atoms with E-state index in [0.717, 1.165) is 6.07 Å². The van der Waals surface area contributed by atoms with Crippen LogP contribution in [-0.2, 0) is 17.2 Å². The minimum atomic E-state index is -4.43. The number of aromatic nitrogens is 2. The van der Waals surface area contributed by atoms with Gasteiger partial charge in [-0.25, -0.2) is 13.8 Å². The second kappa shape index (κ2) is 6.15. The van der Waals surface area contributed by atoms with Gasteiger partial charge in [0, 0.05) is 12.6 Å². The van der Waals surface area contributed by atoms with Crippen LogP contribution >= 0.6 is 11.6 Å². The average Bonchev–Trinajstić information content (AvgIpc) is 2.72. The molecule has 1 heterocycles. The van der Waals surface area contributed by atoms with E-state index in [1.54, 1.807) is 0 Å². The molecule has 2 aromatic rings. The van der Waals surface area contributed by atoms with Crippen molar-refractivity contribution in [1.82, 2.24) is 9.55 Å². The molecule has 0 spiro atoms. The third kappa shape index (κ3) is 3.82. The Bertz CT molecular complexity index is 641. The molecule has 0 saturated heterocycles. The van der Waals surface area contributed by atoms with Crippen LogP contribution in [0.2, 0.25) is 0 Å². The lowest BCUT2D eigenvalue weighted by molar-refractivity contribution is -0.174. The Hall–Kier alpha value is -1.41.